The van der Waals surface area contributed by atoms with Crippen LogP contribution in [-0.2, 0) is 4.79 Å². The monoisotopic (exact) mass is 198 g/mol. The van der Waals surface area contributed by atoms with Gasteiger partial charge in [-0.15, -0.1) is 11.6 Å². The molecule has 0 aliphatic heterocycles. The maximum Gasteiger partial charge on any atom is 1.00 e. The molecule has 2 nitrogen and oxygen atoms in total. The summed E-state index contributed by atoms with van der Waals surface area (Å²) in [6.45, 7) is 2.00. The Balaban J connectivity index is 0. The third kappa shape index (κ3) is 10.5. The molecule has 64 valence electrons. The molecule has 0 aromatic carbocycles. The van der Waals surface area contributed by atoms with Crippen molar-refractivity contribution < 1.29 is 39.5 Å². The van der Waals surface area contributed by atoms with Gasteiger partial charge in [0.1, 0.15) is 0 Å². The standard InChI is InChI=1S/C8H13ClO2.Na/c1-2-3-4-7(9)5-6-8(10)11;/h3-4,7H,2,5-6H2,1H3,(H,10,11);/q;+1/p-1/b4-3+;. The second-order valence-corrected chi connectivity index (χ2v) is 2.82. The van der Waals surface area contributed by atoms with Crippen LogP contribution in [0.4, 0.5) is 0 Å². The van der Waals surface area contributed by atoms with Crippen molar-refractivity contribution >= 4 is 17.6 Å². The summed E-state index contributed by atoms with van der Waals surface area (Å²) in [7, 11) is 0. The summed E-state index contributed by atoms with van der Waals surface area (Å²) in [6.07, 6.45) is 5.13. The van der Waals surface area contributed by atoms with E-state index in [-0.39, 0.29) is 41.4 Å². The molecule has 0 aromatic rings. The fraction of sp³-hybridized carbons (Fsp3) is 0.625. The first kappa shape index (κ1) is 15.0. The average molecular weight is 199 g/mol. The molecule has 0 saturated heterocycles. The minimum absolute atomic E-state index is 0. The molecule has 1 unspecified atom stereocenters. The van der Waals surface area contributed by atoms with Crippen molar-refractivity contribution in [2.24, 2.45) is 0 Å². The number of carboxylic acids is 1. The second-order valence-electron chi connectivity index (χ2n) is 2.26. The minimum atomic E-state index is -1.04. The van der Waals surface area contributed by atoms with Gasteiger partial charge in [0.2, 0.25) is 0 Å². The van der Waals surface area contributed by atoms with E-state index in [1.165, 1.54) is 0 Å². The zero-order valence-electron chi connectivity index (χ0n) is 7.55. The van der Waals surface area contributed by atoms with Crippen molar-refractivity contribution in [2.75, 3.05) is 0 Å². The van der Waals surface area contributed by atoms with Gasteiger partial charge in [-0.2, -0.15) is 0 Å². The Bertz CT molecular complexity index is 148. The SMILES string of the molecule is CC/C=C/C(Cl)CCC(=O)[O-].[Na+]. The Morgan fingerprint density at radius 1 is 1.67 bits per heavy atom. The Morgan fingerprint density at radius 3 is 2.67 bits per heavy atom. The van der Waals surface area contributed by atoms with E-state index in [0.29, 0.717) is 6.42 Å². The third-order valence-corrected chi connectivity index (χ3v) is 1.57. The van der Waals surface area contributed by atoms with Crippen LogP contribution in [-0.4, -0.2) is 11.3 Å². The fourth-order valence-electron chi connectivity index (χ4n) is 0.636. The molecule has 0 amide bonds. The molecule has 0 aliphatic carbocycles. The first-order chi connectivity index (χ1) is 5.16. The largest absolute Gasteiger partial charge is 1.00 e. The molecule has 0 N–H and O–H groups in total. The summed E-state index contributed by atoms with van der Waals surface area (Å²) in [5, 5.41) is 9.81. The minimum Gasteiger partial charge on any atom is -0.550 e. The normalized spacial score (nSPS) is 12.5. The molecule has 0 radical (unpaired) electrons. The maximum absolute atomic E-state index is 9.98. The second kappa shape index (κ2) is 9.59. The number of aliphatic carboxylic acids is 1. The summed E-state index contributed by atoms with van der Waals surface area (Å²) in [5.41, 5.74) is 0. The smallest absolute Gasteiger partial charge is 0.550 e. The number of halogens is 1. The quantitative estimate of drug-likeness (QED) is 0.294. The molecule has 0 spiro atoms. The molecule has 12 heavy (non-hydrogen) atoms. The van der Waals surface area contributed by atoms with Gasteiger partial charge in [0.05, 0.1) is 5.38 Å². The Hall–Kier alpha value is 0.500. The molecule has 1 atom stereocenters. The predicted octanol–water partition coefficient (Wildman–Crippen LogP) is -1.91. The van der Waals surface area contributed by atoms with Crippen LogP contribution < -0.4 is 34.7 Å². The van der Waals surface area contributed by atoms with Crippen LogP contribution in [0.15, 0.2) is 12.2 Å². The summed E-state index contributed by atoms with van der Waals surface area (Å²) in [4.78, 5) is 9.98. The number of alkyl halides is 1. The molecule has 0 aliphatic rings. The molecule has 0 bridgehead atoms. The predicted molar refractivity (Wildman–Crippen MR) is 43.3 cm³/mol. The van der Waals surface area contributed by atoms with Crippen molar-refractivity contribution in [3.05, 3.63) is 12.2 Å². The number of carboxylic acid groups (broad SMARTS) is 1. The van der Waals surface area contributed by atoms with E-state index in [2.05, 4.69) is 0 Å². The van der Waals surface area contributed by atoms with Gasteiger partial charge in [-0.1, -0.05) is 19.1 Å². The van der Waals surface area contributed by atoms with Crippen LogP contribution in [0.25, 0.3) is 0 Å². The van der Waals surface area contributed by atoms with Gasteiger partial charge in [0, 0.05) is 5.97 Å². The van der Waals surface area contributed by atoms with Crippen LogP contribution in [0.5, 0.6) is 0 Å². The van der Waals surface area contributed by atoms with Gasteiger partial charge in [-0.3, -0.25) is 0 Å². The van der Waals surface area contributed by atoms with E-state index in [0.717, 1.165) is 6.42 Å². The van der Waals surface area contributed by atoms with E-state index in [1.54, 1.807) is 0 Å². The van der Waals surface area contributed by atoms with Crippen molar-refractivity contribution in [1.82, 2.24) is 0 Å². The molecule has 0 aromatic heterocycles. The Morgan fingerprint density at radius 2 is 2.25 bits per heavy atom. The van der Waals surface area contributed by atoms with Crippen LogP contribution in [0.1, 0.15) is 26.2 Å². The topological polar surface area (TPSA) is 40.1 Å². The third-order valence-electron chi connectivity index (χ3n) is 1.20. The number of carbonyl (C=O) groups excluding carboxylic acids is 1. The van der Waals surface area contributed by atoms with E-state index < -0.39 is 5.97 Å². The zero-order valence-corrected chi connectivity index (χ0v) is 10.3. The molecule has 0 fully saturated rings. The summed E-state index contributed by atoms with van der Waals surface area (Å²) < 4.78 is 0. The zero-order chi connectivity index (χ0) is 8.69. The van der Waals surface area contributed by atoms with Crippen molar-refractivity contribution in [3.63, 3.8) is 0 Å². The van der Waals surface area contributed by atoms with Crippen molar-refractivity contribution in [3.8, 4) is 0 Å². The molecule has 4 heteroatoms. The van der Waals surface area contributed by atoms with Gasteiger partial charge < -0.3 is 9.90 Å². The van der Waals surface area contributed by atoms with Crippen molar-refractivity contribution in [2.45, 2.75) is 31.6 Å². The summed E-state index contributed by atoms with van der Waals surface area (Å²) >= 11 is 5.73. The van der Waals surface area contributed by atoms with E-state index >= 15 is 0 Å². The molecular weight excluding hydrogens is 187 g/mol. The number of hydrogen-bond donors (Lipinski definition) is 0. The molecule has 0 saturated carbocycles. The van der Waals surface area contributed by atoms with Gasteiger partial charge in [-0.05, 0) is 19.3 Å². The number of allylic oxidation sites excluding steroid dienone is 2. The summed E-state index contributed by atoms with van der Waals surface area (Å²) in [5.74, 6) is -1.04. The molecule has 0 rings (SSSR count). The van der Waals surface area contributed by atoms with Crippen LogP contribution in [0.3, 0.4) is 0 Å². The van der Waals surface area contributed by atoms with Crippen LogP contribution in [0.2, 0.25) is 0 Å². The summed E-state index contributed by atoms with van der Waals surface area (Å²) in [6, 6.07) is 0. The van der Waals surface area contributed by atoms with Gasteiger partial charge in [0.15, 0.2) is 0 Å². The first-order valence-corrected chi connectivity index (χ1v) is 4.11. The van der Waals surface area contributed by atoms with E-state index in [9.17, 15) is 9.90 Å². The first-order valence-electron chi connectivity index (χ1n) is 3.67. The maximum atomic E-state index is 9.98. The van der Waals surface area contributed by atoms with E-state index in [1.807, 2.05) is 19.1 Å². The van der Waals surface area contributed by atoms with Crippen molar-refractivity contribution in [1.29, 1.82) is 0 Å². The average Bonchev–Trinajstić information content (AvgIpc) is 1.97. The van der Waals surface area contributed by atoms with Gasteiger partial charge in [0.25, 0.3) is 0 Å². The van der Waals surface area contributed by atoms with Crippen LogP contribution in [0, 0.1) is 0 Å². The number of hydrogen-bond acceptors (Lipinski definition) is 2. The Labute approximate surface area is 100 Å². The molecule has 0 heterocycles. The molecular formula is C8H12ClNaO2. The van der Waals surface area contributed by atoms with Crippen LogP contribution >= 0.6 is 11.6 Å². The Kier molecular flexibility index (Phi) is 12.0. The number of carbonyl (C=O) groups is 1. The van der Waals surface area contributed by atoms with E-state index in [4.69, 9.17) is 11.6 Å². The van der Waals surface area contributed by atoms with Gasteiger partial charge >= 0.3 is 29.6 Å². The van der Waals surface area contributed by atoms with Gasteiger partial charge in [-0.25, -0.2) is 0 Å². The fourth-order valence-corrected chi connectivity index (χ4v) is 0.848. The number of rotatable bonds is 5.